The van der Waals surface area contributed by atoms with Crippen molar-refractivity contribution in [2.24, 2.45) is 0 Å². The highest BCUT2D eigenvalue weighted by molar-refractivity contribution is 6.32. The fraction of sp³-hybridized carbons (Fsp3) is 0.455. The molecule has 1 N–H and O–H groups in total. The number of aliphatic hydroxyl groups is 1. The Kier molecular flexibility index (Phi) is 4.24. The van der Waals surface area contributed by atoms with Gasteiger partial charge in [-0.3, -0.25) is 0 Å². The van der Waals surface area contributed by atoms with Crippen LogP contribution in [0.25, 0.3) is 0 Å². The van der Waals surface area contributed by atoms with E-state index in [9.17, 15) is 5.11 Å². The molecule has 1 rings (SSSR count). The monoisotopic (exact) mass is 230 g/mol. The van der Waals surface area contributed by atoms with Crippen molar-refractivity contribution in [3.63, 3.8) is 0 Å². The van der Waals surface area contributed by atoms with Crippen LogP contribution in [0.5, 0.6) is 11.5 Å². The summed E-state index contributed by atoms with van der Waals surface area (Å²) in [6.45, 7) is 1.94. The van der Waals surface area contributed by atoms with Crippen molar-refractivity contribution in [2.75, 3.05) is 14.2 Å². The summed E-state index contributed by atoms with van der Waals surface area (Å²) in [5.74, 6) is 1.13. The predicted octanol–water partition coefficient (Wildman–Crippen LogP) is 2.41. The highest BCUT2D eigenvalue weighted by Crippen LogP contribution is 2.40. The number of aliphatic hydroxyl groups excluding tert-OH is 1. The molecule has 0 spiro atoms. The van der Waals surface area contributed by atoms with Crippen LogP contribution >= 0.6 is 11.6 Å². The zero-order chi connectivity index (χ0) is 11.4. The lowest BCUT2D eigenvalue weighted by molar-refractivity contribution is 0.278. The van der Waals surface area contributed by atoms with Gasteiger partial charge in [0.2, 0.25) is 0 Å². The van der Waals surface area contributed by atoms with E-state index < -0.39 is 0 Å². The highest BCUT2D eigenvalue weighted by atomic mass is 35.5. The molecule has 0 aliphatic carbocycles. The molecule has 0 aromatic heterocycles. The van der Waals surface area contributed by atoms with Gasteiger partial charge in [-0.25, -0.2) is 0 Å². The van der Waals surface area contributed by atoms with E-state index in [1.807, 2.05) is 6.92 Å². The van der Waals surface area contributed by atoms with Crippen molar-refractivity contribution >= 4 is 11.6 Å². The molecule has 3 nitrogen and oxygen atoms in total. The van der Waals surface area contributed by atoms with E-state index in [2.05, 4.69) is 0 Å². The van der Waals surface area contributed by atoms with Gasteiger partial charge >= 0.3 is 0 Å². The molecule has 0 amide bonds. The average Bonchev–Trinajstić information content (AvgIpc) is 2.27. The Labute approximate surface area is 94.6 Å². The van der Waals surface area contributed by atoms with Gasteiger partial charge in [0.25, 0.3) is 0 Å². The number of ether oxygens (including phenoxy) is 2. The molecule has 84 valence electrons. The second kappa shape index (κ2) is 5.24. The van der Waals surface area contributed by atoms with E-state index >= 15 is 0 Å². The van der Waals surface area contributed by atoms with Crippen molar-refractivity contribution < 1.29 is 14.6 Å². The lowest BCUT2D eigenvalue weighted by Gasteiger charge is -2.16. The second-order valence-electron chi connectivity index (χ2n) is 3.07. The summed E-state index contributed by atoms with van der Waals surface area (Å²) in [7, 11) is 3.11. The van der Waals surface area contributed by atoms with Crippen LogP contribution in [-0.2, 0) is 13.0 Å². The van der Waals surface area contributed by atoms with Crippen molar-refractivity contribution in [1.29, 1.82) is 0 Å². The third-order valence-electron chi connectivity index (χ3n) is 2.32. The molecule has 0 radical (unpaired) electrons. The lowest BCUT2D eigenvalue weighted by atomic mass is 10.0. The third kappa shape index (κ3) is 2.19. The maximum Gasteiger partial charge on any atom is 0.179 e. The molecule has 0 saturated heterocycles. The minimum Gasteiger partial charge on any atom is -0.493 e. The molecule has 0 heterocycles. The van der Waals surface area contributed by atoms with E-state index in [-0.39, 0.29) is 6.61 Å². The lowest BCUT2D eigenvalue weighted by Crippen LogP contribution is -2.01. The molecule has 0 aliphatic rings. The Hall–Kier alpha value is -0.930. The van der Waals surface area contributed by atoms with Gasteiger partial charge in [-0.05, 0) is 18.1 Å². The van der Waals surface area contributed by atoms with E-state index in [1.54, 1.807) is 20.3 Å². The number of rotatable bonds is 4. The van der Waals surface area contributed by atoms with Gasteiger partial charge in [-0.15, -0.1) is 0 Å². The van der Waals surface area contributed by atoms with Gasteiger partial charge in [0.15, 0.2) is 11.5 Å². The number of benzene rings is 1. The molecule has 4 heteroatoms. The fourth-order valence-corrected chi connectivity index (χ4v) is 1.93. The van der Waals surface area contributed by atoms with Crippen LogP contribution in [0.1, 0.15) is 18.1 Å². The van der Waals surface area contributed by atoms with Crippen molar-refractivity contribution in [3.8, 4) is 11.5 Å². The Morgan fingerprint density at radius 1 is 1.27 bits per heavy atom. The summed E-state index contributed by atoms with van der Waals surface area (Å²) < 4.78 is 10.4. The maximum atomic E-state index is 9.20. The van der Waals surface area contributed by atoms with Gasteiger partial charge in [-0.2, -0.15) is 0 Å². The summed E-state index contributed by atoms with van der Waals surface area (Å²) in [6.07, 6.45) is 0.757. The first-order valence-electron chi connectivity index (χ1n) is 4.72. The van der Waals surface area contributed by atoms with Crippen LogP contribution in [0.3, 0.4) is 0 Å². The van der Waals surface area contributed by atoms with Crippen LogP contribution in [0.2, 0.25) is 5.02 Å². The minimum atomic E-state index is -0.0523. The maximum absolute atomic E-state index is 9.20. The van der Waals surface area contributed by atoms with Gasteiger partial charge in [0.1, 0.15) is 0 Å². The smallest absolute Gasteiger partial charge is 0.179 e. The van der Waals surface area contributed by atoms with Crippen LogP contribution < -0.4 is 9.47 Å². The molecule has 1 aromatic rings. The SMILES string of the molecule is CCc1c(CO)cc(Cl)c(OC)c1OC. The summed E-state index contributed by atoms with van der Waals surface area (Å²) >= 11 is 6.01. The van der Waals surface area contributed by atoms with E-state index in [0.29, 0.717) is 16.5 Å². The third-order valence-corrected chi connectivity index (χ3v) is 2.60. The molecule has 0 saturated carbocycles. The minimum absolute atomic E-state index is 0.0523. The summed E-state index contributed by atoms with van der Waals surface area (Å²) in [6, 6.07) is 1.71. The van der Waals surface area contributed by atoms with Crippen LogP contribution in [0.15, 0.2) is 6.07 Å². The van der Waals surface area contributed by atoms with Crippen LogP contribution in [0.4, 0.5) is 0 Å². The molecule has 0 fully saturated rings. The van der Waals surface area contributed by atoms with E-state index in [1.165, 1.54) is 0 Å². The van der Waals surface area contributed by atoms with Crippen LogP contribution in [0, 0.1) is 0 Å². The molecule has 1 aromatic carbocycles. The molecule has 0 aliphatic heterocycles. The first-order chi connectivity index (χ1) is 7.19. The Balaban J connectivity index is 3.44. The summed E-state index contributed by atoms with van der Waals surface area (Å²) in [5, 5.41) is 9.66. The number of hydrogen-bond acceptors (Lipinski definition) is 3. The second-order valence-corrected chi connectivity index (χ2v) is 3.48. The summed E-state index contributed by atoms with van der Waals surface area (Å²) in [4.78, 5) is 0. The fourth-order valence-electron chi connectivity index (χ4n) is 1.63. The molecule has 0 atom stereocenters. The predicted molar refractivity (Wildman–Crippen MR) is 59.9 cm³/mol. The van der Waals surface area contributed by atoms with Crippen molar-refractivity contribution in [1.82, 2.24) is 0 Å². The average molecular weight is 231 g/mol. The first kappa shape index (κ1) is 12.1. The van der Waals surface area contributed by atoms with Crippen molar-refractivity contribution in [3.05, 3.63) is 22.2 Å². The van der Waals surface area contributed by atoms with Gasteiger partial charge in [0, 0.05) is 5.56 Å². The zero-order valence-corrected chi connectivity index (χ0v) is 9.89. The van der Waals surface area contributed by atoms with Crippen LogP contribution in [-0.4, -0.2) is 19.3 Å². The highest BCUT2D eigenvalue weighted by Gasteiger charge is 2.16. The topological polar surface area (TPSA) is 38.7 Å². The van der Waals surface area contributed by atoms with E-state index in [4.69, 9.17) is 21.1 Å². The largest absolute Gasteiger partial charge is 0.493 e. The number of hydrogen-bond donors (Lipinski definition) is 1. The first-order valence-corrected chi connectivity index (χ1v) is 5.10. The quantitative estimate of drug-likeness (QED) is 0.864. The van der Waals surface area contributed by atoms with E-state index in [0.717, 1.165) is 17.5 Å². The Morgan fingerprint density at radius 3 is 2.27 bits per heavy atom. The van der Waals surface area contributed by atoms with Gasteiger partial charge < -0.3 is 14.6 Å². The van der Waals surface area contributed by atoms with Crippen molar-refractivity contribution in [2.45, 2.75) is 20.0 Å². The molecular formula is C11H15ClO3. The normalized spacial score (nSPS) is 10.2. The Bertz CT molecular complexity index is 350. The molecule has 0 bridgehead atoms. The zero-order valence-electron chi connectivity index (χ0n) is 9.13. The van der Waals surface area contributed by atoms with Gasteiger partial charge in [0.05, 0.1) is 25.8 Å². The molecule has 0 unspecified atom stereocenters. The Morgan fingerprint density at radius 2 is 1.87 bits per heavy atom. The standard InChI is InChI=1S/C11H15ClO3/c1-4-8-7(6-13)5-9(12)11(15-3)10(8)14-2/h5,13H,4,6H2,1-3H3. The number of halogens is 1. The summed E-state index contributed by atoms with van der Waals surface area (Å²) in [5.41, 5.74) is 1.71. The van der Waals surface area contributed by atoms with Gasteiger partial charge in [-0.1, -0.05) is 18.5 Å². The molecule has 15 heavy (non-hydrogen) atoms. The number of methoxy groups -OCH3 is 2. The molecular weight excluding hydrogens is 216 g/mol.